The van der Waals surface area contributed by atoms with Crippen molar-refractivity contribution in [2.24, 2.45) is 0 Å². The lowest BCUT2D eigenvalue weighted by atomic mass is 10.1. The van der Waals surface area contributed by atoms with Crippen molar-refractivity contribution < 1.29 is 14.3 Å². The lowest BCUT2D eigenvalue weighted by Gasteiger charge is -2.07. The van der Waals surface area contributed by atoms with E-state index in [-0.39, 0.29) is 11.5 Å². The second kappa shape index (κ2) is 4.70. The molecule has 0 aliphatic heterocycles. The molecule has 0 atom stereocenters. The molecule has 2 N–H and O–H groups in total. The van der Waals surface area contributed by atoms with Gasteiger partial charge in [-0.05, 0) is 29.8 Å². The van der Waals surface area contributed by atoms with Crippen molar-refractivity contribution in [3.63, 3.8) is 0 Å². The van der Waals surface area contributed by atoms with Crippen molar-refractivity contribution in [2.75, 3.05) is 0 Å². The first-order chi connectivity index (χ1) is 9.66. The first-order valence-corrected chi connectivity index (χ1v) is 6.01. The first kappa shape index (κ1) is 12.2. The number of carboxylic acids is 1. The average Bonchev–Trinajstić information content (AvgIpc) is 3.08. The third-order valence-electron chi connectivity index (χ3n) is 3.08. The monoisotopic (exact) mass is 270 g/mol. The Bertz CT molecular complexity index is 743. The maximum atomic E-state index is 13.0. The van der Waals surface area contributed by atoms with Crippen LogP contribution in [0, 0.1) is 5.82 Å². The Morgan fingerprint density at radius 1 is 1.15 bits per heavy atom. The molecule has 20 heavy (non-hydrogen) atoms. The normalized spacial score (nSPS) is 10.7. The molecule has 0 aliphatic carbocycles. The van der Waals surface area contributed by atoms with Crippen molar-refractivity contribution in [3.8, 4) is 16.8 Å². The molecule has 0 aliphatic rings. The minimum Gasteiger partial charge on any atom is -0.477 e. The molecule has 0 saturated heterocycles. The molecule has 3 rings (SSSR count). The van der Waals surface area contributed by atoms with E-state index >= 15 is 0 Å². The van der Waals surface area contributed by atoms with Crippen LogP contribution < -0.4 is 0 Å². The Balaban J connectivity index is 2.21. The summed E-state index contributed by atoms with van der Waals surface area (Å²) in [6.45, 7) is 0. The fourth-order valence-corrected chi connectivity index (χ4v) is 2.18. The van der Waals surface area contributed by atoms with Crippen molar-refractivity contribution in [1.29, 1.82) is 0 Å². The highest BCUT2D eigenvalue weighted by Crippen LogP contribution is 2.30. The number of aromatic carboxylic acids is 1. The molecule has 0 spiro atoms. The summed E-state index contributed by atoms with van der Waals surface area (Å²) in [6.07, 6.45) is 5.15. The molecule has 4 nitrogen and oxygen atoms in total. The smallest absolute Gasteiger partial charge is 0.354 e. The molecule has 100 valence electrons. The number of H-pyrrole nitrogens is 1. The van der Waals surface area contributed by atoms with Gasteiger partial charge in [0.2, 0.25) is 0 Å². The fraction of sp³-hybridized carbons (Fsp3) is 0. The summed E-state index contributed by atoms with van der Waals surface area (Å²) in [7, 11) is 0. The van der Waals surface area contributed by atoms with Gasteiger partial charge in [-0.1, -0.05) is 12.1 Å². The minimum atomic E-state index is -1.04. The average molecular weight is 270 g/mol. The van der Waals surface area contributed by atoms with Gasteiger partial charge in [-0.25, -0.2) is 9.18 Å². The fourth-order valence-electron chi connectivity index (χ4n) is 2.18. The van der Waals surface area contributed by atoms with Gasteiger partial charge >= 0.3 is 5.97 Å². The third-order valence-corrected chi connectivity index (χ3v) is 3.08. The van der Waals surface area contributed by atoms with Crippen LogP contribution in [0.5, 0.6) is 0 Å². The van der Waals surface area contributed by atoms with Crippen molar-refractivity contribution >= 4 is 5.97 Å². The molecule has 1 aromatic carbocycles. The number of aromatic amines is 1. The SMILES string of the molecule is O=C(O)c1[nH]cc(-c2ccc(F)cc2)c1-n1cccc1. The number of carboxylic acid groups (broad SMARTS) is 1. The van der Waals surface area contributed by atoms with E-state index in [0.717, 1.165) is 5.56 Å². The first-order valence-electron chi connectivity index (χ1n) is 6.01. The maximum absolute atomic E-state index is 13.0. The summed E-state index contributed by atoms with van der Waals surface area (Å²) in [4.78, 5) is 14.1. The van der Waals surface area contributed by atoms with Gasteiger partial charge in [-0.2, -0.15) is 0 Å². The molecule has 0 fully saturated rings. The molecule has 0 amide bonds. The van der Waals surface area contributed by atoms with Gasteiger partial charge in [0.05, 0.1) is 5.69 Å². The number of halogens is 1. The van der Waals surface area contributed by atoms with E-state index in [1.165, 1.54) is 12.1 Å². The van der Waals surface area contributed by atoms with E-state index in [4.69, 9.17) is 0 Å². The van der Waals surface area contributed by atoms with Crippen LogP contribution in [0.1, 0.15) is 10.5 Å². The molecule has 0 bridgehead atoms. The Hall–Kier alpha value is -2.82. The molecule has 2 aromatic heterocycles. The summed E-state index contributed by atoms with van der Waals surface area (Å²) >= 11 is 0. The number of hydrogen-bond acceptors (Lipinski definition) is 1. The molecule has 5 heteroatoms. The molecule has 0 unspecified atom stereocenters. The van der Waals surface area contributed by atoms with Crippen molar-refractivity contribution in [3.05, 3.63) is 66.5 Å². The van der Waals surface area contributed by atoms with Gasteiger partial charge in [0.15, 0.2) is 0 Å². The summed E-state index contributed by atoms with van der Waals surface area (Å²) < 4.78 is 14.7. The van der Waals surface area contributed by atoms with E-state index in [0.29, 0.717) is 11.3 Å². The lowest BCUT2D eigenvalue weighted by molar-refractivity contribution is 0.0691. The van der Waals surface area contributed by atoms with E-state index in [1.807, 2.05) is 12.1 Å². The number of nitrogens with zero attached hydrogens (tertiary/aromatic N) is 1. The van der Waals surface area contributed by atoms with Crippen LogP contribution in [0.15, 0.2) is 55.0 Å². The number of nitrogens with one attached hydrogen (secondary N) is 1. The standard InChI is InChI=1S/C15H11FN2O2/c16-11-5-3-10(4-6-11)12-9-17-13(15(19)20)14(12)18-7-1-2-8-18/h1-9,17H,(H,19,20). The third kappa shape index (κ3) is 1.99. The summed E-state index contributed by atoms with van der Waals surface area (Å²) in [5, 5.41) is 9.26. The van der Waals surface area contributed by atoms with E-state index in [9.17, 15) is 14.3 Å². The van der Waals surface area contributed by atoms with Crippen molar-refractivity contribution in [1.82, 2.24) is 9.55 Å². The highest BCUT2D eigenvalue weighted by atomic mass is 19.1. The van der Waals surface area contributed by atoms with E-state index < -0.39 is 5.97 Å². The van der Waals surface area contributed by atoms with Gasteiger partial charge < -0.3 is 14.7 Å². The van der Waals surface area contributed by atoms with Gasteiger partial charge in [-0.15, -0.1) is 0 Å². The molecule has 2 heterocycles. The van der Waals surface area contributed by atoms with Crippen LogP contribution in [0.2, 0.25) is 0 Å². The Morgan fingerprint density at radius 3 is 2.40 bits per heavy atom. The van der Waals surface area contributed by atoms with E-state index in [1.54, 1.807) is 35.3 Å². The second-order valence-electron chi connectivity index (χ2n) is 4.33. The number of hydrogen-bond donors (Lipinski definition) is 2. The van der Waals surface area contributed by atoms with Crippen LogP contribution in [-0.2, 0) is 0 Å². The molecular formula is C15H11FN2O2. The molecule has 0 saturated carbocycles. The summed E-state index contributed by atoms with van der Waals surface area (Å²) in [5.41, 5.74) is 2.09. The molecule has 0 radical (unpaired) electrons. The van der Waals surface area contributed by atoms with Gasteiger partial charge in [0, 0.05) is 24.2 Å². The van der Waals surface area contributed by atoms with E-state index in [2.05, 4.69) is 4.98 Å². The highest BCUT2D eigenvalue weighted by Gasteiger charge is 2.19. The van der Waals surface area contributed by atoms with Gasteiger partial charge in [0.1, 0.15) is 11.5 Å². The van der Waals surface area contributed by atoms with Gasteiger partial charge in [-0.3, -0.25) is 0 Å². The van der Waals surface area contributed by atoms with Gasteiger partial charge in [0.25, 0.3) is 0 Å². The molecule has 3 aromatic rings. The quantitative estimate of drug-likeness (QED) is 0.767. The second-order valence-corrected chi connectivity index (χ2v) is 4.33. The Labute approximate surface area is 114 Å². The van der Waals surface area contributed by atoms with Crippen molar-refractivity contribution in [2.45, 2.75) is 0 Å². The summed E-state index contributed by atoms with van der Waals surface area (Å²) in [6, 6.07) is 9.57. The number of aromatic nitrogens is 2. The maximum Gasteiger partial charge on any atom is 0.354 e. The van der Waals surface area contributed by atoms with Crippen LogP contribution >= 0.6 is 0 Å². The topological polar surface area (TPSA) is 58.0 Å². The zero-order chi connectivity index (χ0) is 14.1. The Morgan fingerprint density at radius 2 is 1.80 bits per heavy atom. The number of rotatable bonds is 3. The number of benzene rings is 1. The van der Waals surface area contributed by atoms with Crippen LogP contribution in [-0.4, -0.2) is 20.6 Å². The Kier molecular flexibility index (Phi) is 2.87. The van der Waals surface area contributed by atoms with Crippen LogP contribution in [0.4, 0.5) is 4.39 Å². The molecular weight excluding hydrogens is 259 g/mol. The summed E-state index contributed by atoms with van der Waals surface area (Å²) in [5.74, 6) is -1.37. The zero-order valence-corrected chi connectivity index (χ0v) is 10.4. The number of carbonyl (C=O) groups is 1. The zero-order valence-electron chi connectivity index (χ0n) is 10.4. The predicted octanol–water partition coefficient (Wildman–Crippen LogP) is 3.31. The largest absolute Gasteiger partial charge is 0.477 e. The lowest BCUT2D eigenvalue weighted by Crippen LogP contribution is -2.03. The minimum absolute atomic E-state index is 0.0977. The highest BCUT2D eigenvalue weighted by molar-refractivity contribution is 5.94. The van der Waals surface area contributed by atoms with Crippen LogP contribution in [0.3, 0.4) is 0 Å². The van der Waals surface area contributed by atoms with Crippen LogP contribution in [0.25, 0.3) is 16.8 Å². The predicted molar refractivity (Wildman–Crippen MR) is 72.5 cm³/mol.